The molecule has 1 saturated carbocycles. The molecule has 2 fully saturated rings. The number of alkyl halides is 5. The van der Waals surface area contributed by atoms with E-state index < -0.39 is 51.8 Å². The second-order valence-corrected chi connectivity index (χ2v) is 11.7. The van der Waals surface area contributed by atoms with Crippen molar-refractivity contribution in [3.63, 3.8) is 0 Å². The van der Waals surface area contributed by atoms with Gasteiger partial charge in [0.15, 0.2) is 0 Å². The minimum atomic E-state index is -5.26. The maximum absolute atomic E-state index is 13.5. The third-order valence-corrected chi connectivity index (χ3v) is 7.44. The molecule has 0 spiro atoms. The van der Waals surface area contributed by atoms with Crippen LogP contribution in [-0.2, 0) is 14.4 Å². The van der Waals surface area contributed by atoms with Gasteiger partial charge < -0.3 is 15.5 Å². The fraction of sp³-hybridized carbons (Fsp3) is 0.810. The van der Waals surface area contributed by atoms with Gasteiger partial charge in [-0.1, -0.05) is 64.7 Å². The summed E-state index contributed by atoms with van der Waals surface area (Å²) < 4.78 is 35.7. The number of nitrogens with zero attached hydrogens (tertiary/aromatic N) is 2. The van der Waals surface area contributed by atoms with Crippen molar-refractivity contribution < 1.29 is 27.6 Å². The molecule has 186 valence electrons. The lowest BCUT2D eigenvalue weighted by Crippen LogP contribution is -2.62. The molecule has 0 radical (unpaired) electrons. The molecule has 7 nitrogen and oxygen atoms in total. The highest BCUT2D eigenvalue weighted by Crippen LogP contribution is 2.65. The first kappa shape index (κ1) is 27.5. The second-order valence-electron chi connectivity index (χ2n) is 10.3. The van der Waals surface area contributed by atoms with Gasteiger partial charge >= 0.3 is 6.18 Å². The molecule has 5 atom stereocenters. The van der Waals surface area contributed by atoms with Crippen LogP contribution < -0.4 is 10.6 Å². The van der Waals surface area contributed by atoms with E-state index in [4.69, 9.17) is 23.2 Å². The molecule has 0 bridgehead atoms. The van der Waals surface area contributed by atoms with Crippen molar-refractivity contribution in [2.45, 2.75) is 76.6 Å². The summed E-state index contributed by atoms with van der Waals surface area (Å²) in [5, 5.41) is 13.9. The SMILES string of the molecule is CC[C@@H](C#N)NC(=O)[C@@H]1[C@@H]2[C@H](CN1C(=O)[C@@H](NC(=O)C(Cl)(Cl)C(F)(F)F)C(C)(C)C)C2(C)C. The highest BCUT2D eigenvalue weighted by Gasteiger charge is 2.70. The number of rotatable bonds is 6. The Hall–Kier alpha value is -1.73. The first-order valence-corrected chi connectivity index (χ1v) is 11.3. The predicted octanol–water partition coefficient (Wildman–Crippen LogP) is 3.15. The lowest BCUT2D eigenvalue weighted by molar-refractivity contribution is -0.161. The van der Waals surface area contributed by atoms with Crippen molar-refractivity contribution in [1.82, 2.24) is 15.5 Å². The van der Waals surface area contributed by atoms with E-state index in [2.05, 4.69) is 10.6 Å². The summed E-state index contributed by atoms with van der Waals surface area (Å²) in [5.74, 6) is -3.16. The van der Waals surface area contributed by atoms with Crippen LogP contribution in [0.1, 0.15) is 48.0 Å². The predicted molar refractivity (Wildman–Crippen MR) is 116 cm³/mol. The summed E-state index contributed by atoms with van der Waals surface area (Å²) in [6, 6.07) is -1.12. The quantitative estimate of drug-likeness (QED) is 0.533. The molecule has 3 amide bonds. The minimum absolute atomic E-state index is 0.00556. The Balaban J connectivity index is 2.34. The lowest BCUT2D eigenvalue weighted by atomic mass is 9.85. The number of halogens is 5. The lowest BCUT2D eigenvalue weighted by Gasteiger charge is -2.38. The zero-order valence-corrected chi connectivity index (χ0v) is 20.8. The number of hydrogen-bond acceptors (Lipinski definition) is 4. The van der Waals surface area contributed by atoms with Gasteiger partial charge in [-0.2, -0.15) is 18.4 Å². The molecule has 2 N–H and O–H groups in total. The third-order valence-electron chi connectivity index (χ3n) is 6.67. The summed E-state index contributed by atoms with van der Waals surface area (Å²) in [6.07, 6.45) is -4.90. The summed E-state index contributed by atoms with van der Waals surface area (Å²) in [7, 11) is 0. The molecule has 1 aliphatic carbocycles. The summed E-state index contributed by atoms with van der Waals surface area (Å²) in [4.78, 5) is 40.2. The zero-order chi connectivity index (χ0) is 25.7. The monoisotopic (exact) mass is 512 g/mol. The van der Waals surface area contributed by atoms with Crippen molar-refractivity contribution in [3.05, 3.63) is 0 Å². The second kappa shape index (κ2) is 8.81. The first-order chi connectivity index (χ1) is 14.8. The van der Waals surface area contributed by atoms with E-state index in [1.165, 1.54) is 4.90 Å². The van der Waals surface area contributed by atoms with Crippen LogP contribution in [0.3, 0.4) is 0 Å². The molecule has 0 aromatic heterocycles. The standard InChI is InChI=1S/C21H29Cl2F3N4O3/c1-7-10(8-27)28-15(31)13-12-11(19(12,5)6)9-30(13)16(32)14(18(2,3)4)29-17(33)20(22,23)21(24,25)26/h10-14H,7,9H2,1-6H3,(H,28,31)(H,29,33)/t10-,11-,12-,13-,14+/m0/s1. The van der Waals surface area contributed by atoms with E-state index in [0.29, 0.717) is 6.42 Å². The molecule has 0 unspecified atom stereocenters. The van der Waals surface area contributed by atoms with Crippen LogP contribution in [0, 0.1) is 34.0 Å². The van der Waals surface area contributed by atoms with Crippen molar-refractivity contribution in [1.29, 1.82) is 5.26 Å². The van der Waals surface area contributed by atoms with E-state index in [1.54, 1.807) is 27.7 Å². The normalized spacial score (nSPS) is 26.0. The van der Waals surface area contributed by atoms with E-state index in [1.807, 2.05) is 19.9 Å². The van der Waals surface area contributed by atoms with Crippen LogP contribution in [-0.4, -0.2) is 57.8 Å². The average Bonchev–Trinajstić information content (AvgIpc) is 3.03. The van der Waals surface area contributed by atoms with Gasteiger partial charge in [0.2, 0.25) is 11.8 Å². The maximum Gasteiger partial charge on any atom is 0.430 e. The van der Waals surface area contributed by atoms with Crippen LogP contribution in [0.2, 0.25) is 0 Å². The largest absolute Gasteiger partial charge is 0.430 e. The minimum Gasteiger partial charge on any atom is -0.341 e. The highest BCUT2D eigenvalue weighted by molar-refractivity contribution is 6.58. The van der Waals surface area contributed by atoms with E-state index in [9.17, 15) is 32.8 Å². The van der Waals surface area contributed by atoms with Gasteiger partial charge in [-0.3, -0.25) is 14.4 Å². The van der Waals surface area contributed by atoms with Crippen molar-refractivity contribution in [2.24, 2.45) is 22.7 Å². The number of carbonyl (C=O) groups excluding carboxylic acids is 3. The van der Waals surface area contributed by atoms with Crippen LogP contribution in [0.5, 0.6) is 0 Å². The number of hydrogen-bond donors (Lipinski definition) is 2. The molecule has 1 saturated heterocycles. The van der Waals surface area contributed by atoms with E-state index in [0.717, 1.165) is 0 Å². The van der Waals surface area contributed by atoms with Gasteiger partial charge in [0.1, 0.15) is 18.1 Å². The number of nitriles is 1. The van der Waals surface area contributed by atoms with Crippen molar-refractivity contribution in [3.8, 4) is 6.07 Å². The molecule has 2 rings (SSSR count). The fourth-order valence-corrected chi connectivity index (χ4v) is 4.57. The number of likely N-dealkylation sites (tertiary alicyclic amines) is 1. The molecule has 12 heteroatoms. The van der Waals surface area contributed by atoms with Gasteiger partial charge in [-0.05, 0) is 29.1 Å². The Morgan fingerprint density at radius 3 is 2.15 bits per heavy atom. The van der Waals surface area contributed by atoms with Crippen LogP contribution in [0.15, 0.2) is 0 Å². The number of piperidine rings is 1. The summed E-state index contributed by atoms with van der Waals surface area (Å²) in [5.41, 5.74) is -1.24. The zero-order valence-electron chi connectivity index (χ0n) is 19.3. The van der Waals surface area contributed by atoms with E-state index >= 15 is 0 Å². The Labute approximate surface area is 201 Å². The van der Waals surface area contributed by atoms with Crippen molar-refractivity contribution in [2.75, 3.05) is 6.54 Å². The Bertz CT molecular complexity index is 864. The summed E-state index contributed by atoms with van der Waals surface area (Å²) >= 11 is 10.5. The fourth-order valence-electron chi connectivity index (χ4n) is 4.46. The van der Waals surface area contributed by atoms with Gasteiger partial charge in [-0.15, -0.1) is 0 Å². The van der Waals surface area contributed by atoms with Crippen molar-refractivity contribution >= 4 is 40.9 Å². The molecular weight excluding hydrogens is 484 g/mol. The first-order valence-electron chi connectivity index (χ1n) is 10.6. The molecule has 1 heterocycles. The van der Waals surface area contributed by atoms with Crippen LogP contribution in [0.4, 0.5) is 13.2 Å². The topological polar surface area (TPSA) is 102 Å². The van der Waals surface area contributed by atoms with Crippen LogP contribution >= 0.6 is 23.2 Å². The number of carbonyl (C=O) groups is 3. The Morgan fingerprint density at radius 1 is 1.18 bits per heavy atom. The molecule has 0 aromatic carbocycles. The maximum atomic E-state index is 13.5. The van der Waals surface area contributed by atoms with Gasteiger partial charge in [0, 0.05) is 6.54 Å². The van der Waals surface area contributed by atoms with Gasteiger partial charge in [0.05, 0.1) is 6.07 Å². The summed E-state index contributed by atoms with van der Waals surface area (Å²) in [6.45, 7) is 10.5. The molecular formula is C21H29Cl2F3N4O3. The highest BCUT2D eigenvalue weighted by atomic mass is 35.5. The average molecular weight is 513 g/mol. The Morgan fingerprint density at radius 2 is 1.73 bits per heavy atom. The number of amides is 3. The van der Waals surface area contributed by atoms with Gasteiger partial charge in [-0.25, -0.2) is 0 Å². The third kappa shape index (κ3) is 5.04. The van der Waals surface area contributed by atoms with E-state index in [-0.39, 0.29) is 23.8 Å². The van der Waals surface area contributed by atoms with Gasteiger partial charge in [0.25, 0.3) is 10.2 Å². The smallest absolute Gasteiger partial charge is 0.341 e. The molecule has 0 aromatic rings. The Kier molecular flexibility index (Phi) is 7.34. The molecule has 2 aliphatic rings. The number of nitrogens with one attached hydrogen (secondary N) is 2. The number of fused-ring (bicyclic) bond motifs is 1. The van der Waals surface area contributed by atoms with Crippen LogP contribution in [0.25, 0.3) is 0 Å². The molecule has 1 aliphatic heterocycles. The molecule has 33 heavy (non-hydrogen) atoms.